The van der Waals surface area contributed by atoms with Crippen LogP contribution in [0.4, 0.5) is 0 Å². The van der Waals surface area contributed by atoms with Crippen LogP contribution in [0.5, 0.6) is 5.75 Å². The predicted octanol–water partition coefficient (Wildman–Crippen LogP) is 1.86. The molecule has 1 aromatic heterocycles. The maximum absolute atomic E-state index is 11.0. The molecule has 0 saturated heterocycles. The maximum atomic E-state index is 11.0. The summed E-state index contributed by atoms with van der Waals surface area (Å²) in [5.41, 5.74) is 0.492. The molecule has 0 atom stereocenters. The number of carbonyl (C=O) groups excluding carboxylic acids is 1. The van der Waals surface area contributed by atoms with Gasteiger partial charge in [-0.1, -0.05) is 12.1 Å². The van der Waals surface area contributed by atoms with E-state index in [0.717, 1.165) is 0 Å². The van der Waals surface area contributed by atoms with Crippen molar-refractivity contribution < 1.29 is 19.4 Å². The highest BCUT2D eigenvalue weighted by Gasteiger charge is 2.12. The van der Waals surface area contributed by atoms with E-state index in [2.05, 4.69) is 4.98 Å². The van der Waals surface area contributed by atoms with Gasteiger partial charge in [0.15, 0.2) is 5.75 Å². The average Bonchev–Trinajstić information content (AvgIpc) is 2.28. The molecule has 0 saturated carbocycles. The van der Waals surface area contributed by atoms with E-state index in [-0.39, 0.29) is 11.3 Å². The highest BCUT2D eigenvalue weighted by atomic mass is 16.5. The SMILES string of the molecule is CC(=O)Oc1cccc2c(C(=O)O)ccnc12. The second kappa shape index (κ2) is 4.21. The summed E-state index contributed by atoms with van der Waals surface area (Å²) < 4.78 is 4.97. The van der Waals surface area contributed by atoms with Crippen LogP contribution in [-0.2, 0) is 4.79 Å². The number of para-hydroxylation sites is 1. The summed E-state index contributed by atoms with van der Waals surface area (Å²) in [5.74, 6) is -1.25. The molecule has 1 aromatic carbocycles. The molecule has 0 amide bonds. The molecular formula is C12H9NO4. The van der Waals surface area contributed by atoms with E-state index in [9.17, 15) is 9.59 Å². The zero-order valence-electron chi connectivity index (χ0n) is 9.01. The number of hydrogen-bond acceptors (Lipinski definition) is 4. The lowest BCUT2D eigenvalue weighted by Crippen LogP contribution is -2.04. The van der Waals surface area contributed by atoms with Crippen molar-refractivity contribution in [3.8, 4) is 5.75 Å². The van der Waals surface area contributed by atoms with E-state index in [1.165, 1.54) is 19.2 Å². The molecule has 2 aromatic rings. The van der Waals surface area contributed by atoms with Crippen molar-refractivity contribution >= 4 is 22.8 Å². The molecule has 2 rings (SSSR count). The van der Waals surface area contributed by atoms with Gasteiger partial charge in [-0.25, -0.2) is 4.79 Å². The third kappa shape index (κ3) is 2.08. The van der Waals surface area contributed by atoms with Gasteiger partial charge in [0.25, 0.3) is 0 Å². The quantitative estimate of drug-likeness (QED) is 0.630. The molecule has 0 aliphatic rings. The maximum Gasteiger partial charge on any atom is 0.336 e. The third-order valence-corrected chi connectivity index (χ3v) is 2.22. The molecule has 0 aliphatic heterocycles. The number of nitrogens with zero attached hydrogens (tertiary/aromatic N) is 1. The number of aromatic carboxylic acids is 1. The van der Waals surface area contributed by atoms with Gasteiger partial charge in [-0.3, -0.25) is 9.78 Å². The highest BCUT2D eigenvalue weighted by Crippen LogP contribution is 2.26. The zero-order valence-corrected chi connectivity index (χ0v) is 9.01. The van der Waals surface area contributed by atoms with Crippen LogP contribution in [0, 0.1) is 0 Å². The van der Waals surface area contributed by atoms with Gasteiger partial charge >= 0.3 is 11.9 Å². The van der Waals surface area contributed by atoms with E-state index >= 15 is 0 Å². The minimum atomic E-state index is -1.04. The standard InChI is InChI=1S/C12H9NO4/c1-7(14)17-10-4-2-3-8-9(12(15)16)5-6-13-11(8)10/h2-6H,1H3,(H,15,16). The molecule has 0 radical (unpaired) electrons. The number of hydrogen-bond donors (Lipinski definition) is 1. The number of aromatic nitrogens is 1. The van der Waals surface area contributed by atoms with E-state index < -0.39 is 11.9 Å². The number of pyridine rings is 1. The molecule has 5 nitrogen and oxygen atoms in total. The number of esters is 1. The van der Waals surface area contributed by atoms with Crippen LogP contribution in [0.25, 0.3) is 10.9 Å². The van der Waals surface area contributed by atoms with Crippen molar-refractivity contribution in [1.82, 2.24) is 4.98 Å². The largest absolute Gasteiger partial charge is 0.478 e. The predicted molar refractivity (Wildman–Crippen MR) is 60.0 cm³/mol. The molecular weight excluding hydrogens is 222 g/mol. The molecule has 0 bridgehead atoms. The lowest BCUT2D eigenvalue weighted by Gasteiger charge is -2.06. The molecule has 0 spiro atoms. The normalized spacial score (nSPS) is 10.2. The fraction of sp³-hybridized carbons (Fsp3) is 0.0833. The lowest BCUT2D eigenvalue weighted by molar-refractivity contribution is -0.131. The van der Waals surface area contributed by atoms with Crippen LogP contribution >= 0.6 is 0 Å². The molecule has 86 valence electrons. The number of carboxylic acids is 1. The monoisotopic (exact) mass is 231 g/mol. The summed E-state index contributed by atoms with van der Waals surface area (Å²) in [6.07, 6.45) is 1.37. The Hall–Kier alpha value is -2.43. The van der Waals surface area contributed by atoms with Crippen molar-refractivity contribution in [2.45, 2.75) is 6.92 Å². The van der Waals surface area contributed by atoms with Gasteiger partial charge in [-0.2, -0.15) is 0 Å². The Morgan fingerprint density at radius 3 is 2.71 bits per heavy atom. The fourth-order valence-corrected chi connectivity index (χ4v) is 1.57. The summed E-state index contributed by atoms with van der Waals surface area (Å²) in [6, 6.07) is 6.22. The molecule has 1 N–H and O–H groups in total. The Bertz CT molecular complexity index is 606. The van der Waals surface area contributed by atoms with E-state index in [0.29, 0.717) is 10.9 Å². The van der Waals surface area contributed by atoms with Crippen LogP contribution in [0.1, 0.15) is 17.3 Å². The summed E-state index contributed by atoms with van der Waals surface area (Å²) in [5, 5.41) is 9.46. The lowest BCUT2D eigenvalue weighted by atomic mass is 10.1. The molecule has 0 unspecified atom stereocenters. The molecule has 1 heterocycles. The minimum absolute atomic E-state index is 0.129. The van der Waals surface area contributed by atoms with Gasteiger partial charge in [-0.05, 0) is 12.1 Å². The van der Waals surface area contributed by atoms with Gasteiger partial charge in [0.2, 0.25) is 0 Å². The number of carboxylic acid groups (broad SMARTS) is 1. The summed E-state index contributed by atoms with van der Waals surface area (Å²) in [7, 11) is 0. The summed E-state index contributed by atoms with van der Waals surface area (Å²) in [4.78, 5) is 26.0. The van der Waals surface area contributed by atoms with Gasteiger partial charge in [-0.15, -0.1) is 0 Å². The Morgan fingerprint density at radius 2 is 2.06 bits per heavy atom. The van der Waals surface area contributed by atoms with Crippen LogP contribution in [-0.4, -0.2) is 22.0 Å². The van der Waals surface area contributed by atoms with Gasteiger partial charge < -0.3 is 9.84 Å². The molecule has 0 fully saturated rings. The first-order valence-corrected chi connectivity index (χ1v) is 4.89. The first-order valence-electron chi connectivity index (χ1n) is 4.89. The van der Waals surface area contributed by atoms with Crippen molar-refractivity contribution in [1.29, 1.82) is 0 Å². The number of ether oxygens (including phenoxy) is 1. The summed E-state index contributed by atoms with van der Waals surface area (Å²) >= 11 is 0. The van der Waals surface area contributed by atoms with Gasteiger partial charge in [0.1, 0.15) is 5.52 Å². The highest BCUT2D eigenvalue weighted by molar-refractivity contribution is 6.04. The van der Waals surface area contributed by atoms with Crippen LogP contribution in [0.2, 0.25) is 0 Å². The van der Waals surface area contributed by atoms with Crippen molar-refractivity contribution in [3.05, 3.63) is 36.0 Å². The first kappa shape index (κ1) is 11.1. The smallest absolute Gasteiger partial charge is 0.336 e. The topological polar surface area (TPSA) is 76.5 Å². The number of rotatable bonds is 2. The zero-order chi connectivity index (χ0) is 12.4. The van der Waals surface area contributed by atoms with Gasteiger partial charge in [0.05, 0.1) is 5.56 Å². The van der Waals surface area contributed by atoms with Crippen molar-refractivity contribution in [2.75, 3.05) is 0 Å². The van der Waals surface area contributed by atoms with Crippen LogP contribution < -0.4 is 4.74 Å². The number of fused-ring (bicyclic) bond motifs is 1. The fourth-order valence-electron chi connectivity index (χ4n) is 1.57. The molecule has 17 heavy (non-hydrogen) atoms. The van der Waals surface area contributed by atoms with Crippen molar-refractivity contribution in [2.24, 2.45) is 0 Å². The average molecular weight is 231 g/mol. The first-order chi connectivity index (χ1) is 8.09. The number of benzene rings is 1. The Labute approximate surface area is 96.7 Å². The Kier molecular flexibility index (Phi) is 2.74. The number of carbonyl (C=O) groups is 2. The van der Waals surface area contributed by atoms with Gasteiger partial charge in [0, 0.05) is 18.5 Å². The van der Waals surface area contributed by atoms with E-state index in [1.54, 1.807) is 18.2 Å². The van der Waals surface area contributed by atoms with E-state index in [1.807, 2.05) is 0 Å². The second-order valence-corrected chi connectivity index (χ2v) is 3.41. The van der Waals surface area contributed by atoms with Crippen LogP contribution in [0.3, 0.4) is 0 Å². The van der Waals surface area contributed by atoms with E-state index in [4.69, 9.17) is 9.84 Å². The molecule has 5 heteroatoms. The Balaban J connectivity index is 2.69. The second-order valence-electron chi connectivity index (χ2n) is 3.41. The summed E-state index contributed by atoms with van der Waals surface area (Å²) in [6.45, 7) is 1.28. The third-order valence-electron chi connectivity index (χ3n) is 2.22. The van der Waals surface area contributed by atoms with Crippen LogP contribution in [0.15, 0.2) is 30.5 Å². The molecule has 0 aliphatic carbocycles. The minimum Gasteiger partial charge on any atom is -0.478 e. The van der Waals surface area contributed by atoms with Crippen molar-refractivity contribution in [3.63, 3.8) is 0 Å². The Morgan fingerprint density at radius 1 is 1.29 bits per heavy atom.